The summed E-state index contributed by atoms with van der Waals surface area (Å²) < 4.78 is 60.1. The van der Waals surface area contributed by atoms with E-state index >= 15 is 0 Å². The number of hydrogen-bond acceptors (Lipinski definition) is 4. The number of alkyl halides is 3. The molecule has 0 aromatic carbocycles. The van der Waals surface area contributed by atoms with Crippen molar-refractivity contribution in [1.29, 1.82) is 0 Å². The fourth-order valence-corrected chi connectivity index (χ4v) is 4.19. The minimum atomic E-state index is -4.56. The van der Waals surface area contributed by atoms with Crippen LogP contribution in [0, 0.1) is 12.8 Å². The maximum absolute atomic E-state index is 12.5. The summed E-state index contributed by atoms with van der Waals surface area (Å²) in [5.41, 5.74) is -1.02. The molecule has 1 N–H and O–H groups in total. The molecule has 1 aliphatic rings. The van der Waals surface area contributed by atoms with Crippen LogP contribution in [-0.4, -0.2) is 37.4 Å². The van der Waals surface area contributed by atoms with Crippen molar-refractivity contribution in [3.8, 4) is 0 Å². The van der Waals surface area contributed by atoms with Crippen molar-refractivity contribution in [3.63, 3.8) is 0 Å². The van der Waals surface area contributed by atoms with Crippen LogP contribution in [0.25, 0.3) is 0 Å². The van der Waals surface area contributed by atoms with Crippen molar-refractivity contribution in [2.24, 2.45) is 5.92 Å². The predicted octanol–water partition coefficient (Wildman–Crippen LogP) is 1.57. The lowest BCUT2D eigenvalue weighted by molar-refractivity contribution is -0.141. The number of carbonyl (C=O) groups is 1. The Bertz CT molecular complexity index is 686. The molecule has 1 aliphatic heterocycles. The van der Waals surface area contributed by atoms with E-state index in [2.05, 4.69) is 10.3 Å². The van der Waals surface area contributed by atoms with Crippen molar-refractivity contribution >= 4 is 15.7 Å². The molecule has 122 valence electrons. The second-order valence-electron chi connectivity index (χ2n) is 5.31. The van der Waals surface area contributed by atoms with Gasteiger partial charge in [-0.15, -0.1) is 0 Å². The first kappa shape index (κ1) is 16.7. The second-order valence-corrected chi connectivity index (χ2v) is 7.54. The van der Waals surface area contributed by atoms with Gasteiger partial charge in [0.15, 0.2) is 9.84 Å². The average Bonchev–Trinajstić information content (AvgIpc) is 2.74. The molecular formula is C13H15F3N2O3S. The molecule has 1 fully saturated rings. The van der Waals surface area contributed by atoms with Crippen LogP contribution in [-0.2, 0) is 16.0 Å². The third-order valence-corrected chi connectivity index (χ3v) is 5.34. The lowest BCUT2D eigenvalue weighted by Crippen LogP contribution is -2.30. The Balaban J connectivity index is 2.01. The number of aromatic nitrogens is 1. The monoisotopic (exact) mass is 336 g/mol. The van der Waals surface area contributed by atoms with Crippen molar-refractivity contribution in [1.82, 2.24) is 10.3 Å². The molecule has 0 spiro atoms. The molecule has 1 amide bonds. The summed E-state index contributed by atoms with van der Waals surface area (Å²) in [6.45, 7) is 1.50. The van der Waals surface area contributed by atoms with Crippen LogP contribution in [0.2, 0.25) is 0 Å². The molecule has 9 heteroatoms. The fraction of sp³-hybridized carbons (Fsp3) is 0.538. The van der Waals surface area contributed by atoms with Gasteiger partial charge < -0.3 is 5.32 Å². The second kappa shape index (κ2) is 5.86. The molecule has 5 nitrogen and oxygen atoms in total. The highest BCUT2D eigenvalue weighted by Gasteiger charge is 2.33. The first-order valence-corrected chi connectivity index (χ1v) is 8.44. The van der Waals surface area contributed by atoms with Gasteiger partial charge in [0.25, 0.3) is 5.91 Å². The molecule has 0 radical (unpaired) electrons. The standard InChI is InChI=1S/C13H15F3N2O3S/c1-8-10(2-3-11(18-8)13(14,15)16)12(19)17-6-9-4-5-22(20,21)7-9/h2-3,9H,4-7H2,1H3,(H,17,19). The van der Waals surface area contributed by atoms with E-state index in [1.54, 1.807) is 0 Å². The van der Waals surface area contributed by atoms with E-state index in [0.717, 1.165) is 12.1 Å². The highest BCUT2D eigenvalue weighted by Crippen LogP contribution is 2.28. The van der Waals surface area contributed by atoms with Gasteiger partial charge >= 0.3 is 6.18 Å². The number of aryl methyl sites for hydroxylation is 1. The molecule has 1 aromatic heterocycles. The molecule has 1 saturated heterocycles. The Labute approximate surface area is 125 Å². The van der Waals surface area contributed by atoms with Crippen molar-refractivity contribution in [2.75, 3.05) is 18.1 Å². The Morgan fingerprint density at radius 1 is 1.41 bits per heavy atom. The van der Waals surface area contributed by atoms with Gasteiger partial charge in [0, 0.05) is 6.54 Å². The Kier molecular flexibility index (Phi) is 4.46. The molecule has 2 rings (SSSR count). The fourth-order valence-electron chi connectivity index (χ4n) is 2.32. The summed E-state index contributed by atoms with van der Waals surface area (Å²) >= 11 is 0. The summed E-state index contributed by atoms with van der Waals surface area (Å²) in [7, 11) is -3.03. The lowest BCUT2D eigenvalue weighted by atomic mass is 10.1. The number of amides is 1. The predicted molar refractivity (Wildman–Crippen MR) is 73.1 cm³/mol. The maximum Gasteiger partial charge on any atom is 0.433 e. The van der Waals surface area contributed by atoms with Gasteiger partial charge in [-0.1, -0.05) is 0 Å². The largest absolute Gasteiger partial charge is 0.433 e. The Morgan fingerprint density at radius 3 is 2.59 bits per heavy atom. The van der Waals surface area contributed by atoms with Gasteiger partial charge in [-0.2, -0.15) is 13.2 Å². The number of halogens is 3. The zero-order valence-corrected chi connectivity index (χ0v) is 12.6. The summed E-state index contributed by atoms with van der Waals surface area (Å²) in [6.07, 6.45) is -4.08. The minimum Gasteiger partial charge on any atom is -0.352 e. The van der Waals surface area contributed by atoms with Gasteiger partial charge in [0.05, 0.1) is 22.8 Å². The highest BCUT2D eigenvalue weighted by molar-refractivity contribution is 7.91. The van der Waals surface area contributed by atoms with E-state index in [-0.39, 0.29) is 35.2 Å². The lowest BCUT2D eigenvalue weighted by Gasteiger charge is -2.12. The van der Waals surface area contributed by atoms with E-state index in [0.29, 0.717) is 6.42 Å². The van der Waals surface area contributed by atoms with Gasteiger partial charge in [0.2, 0.25) is 0 Å². The van der Waals surface area contributed by atoms with Crippen LogP contribution in [0.15, 0.2) is 12.1 Å². The molecule has 0 aliphatic carbocycles. The van der Waals surface area contributed by atoms with Gasteiger partial charge in [-0.3, -0.25) is 4.79 Å². The van der Waals surface area contributed by atoms with E-state index in [1.165, 1.54) is 6.92 Å². The maximum atomic E-state index is 12.5. The average molecular weight is 336 g/mol. The Hall–Kier alpha value is -1.64. The smallest absolute Gasteiger partial charge is 0.352 e. The quantitative estimate of drug-likeness (QED) is 0.909. The molecule has 1 unspecified atom stereocenters. The van der Waals surface area contributed by atoms with Crippen molar-refractivity contribution < 1.29 is 26.4 Å². The number of carbonyl (C=O) groups excluding carboxylic acids is 1. The first-order valence-electron chi connectivity index (χ1n) is 6.62. The summed E-state index contributed by atoms with van der Waals surface area (Å²) in [6, 6.07) is 1.83. The first-order chi connectivity index (χ1) is 10.1. The zero-order valence-electron chi connectivity index (χ0n) is 11.8. The molecule has 0 bridgehead atoms. The van der Waals surface area contributed by atoms with E-state index in [1.807, 2.05) is 0 Å². The number of nitrogens with zero attached hydrogens (tertiary/aromatic N) is 1. The van der Waals surface area contributed by atoms with Crippen LogP contribution < -0.4 is 5.32 Å². The van der Waals surface area contributed by atoms with Crippen LogP contribution in [0.5, 0.6) is 0 Å². The molecule has 0 saturated carbocycles. The molecular weight excluding hydrogens is 321 g/mol. The number of sulfone groups is 1. The van der Waals surface area contributed by atoms with E-state index in [4.69, 9.17) is 0 Å². The van der Waals surface area contributed by atoms with Gasteiger partial charge in [0.1, 0.15) is 5.69 Å². The molecule has 2 heterocycles. The topological polar surface area (TPSA) is 76.1 Å². The minimum absolute atomic E-state index is 0.0219. The van der Waals surface area contributed by atoms with E-state index in [9.17, 15) is 26.4 Å². The number of pyridine rings is 1. The molecule has 1 atom stereocenters. The van der Waals surface area contributed by atoms with Crippen LogP contribution in [0.3, 0.4) is 0 Å². The van der Waals surface area contributed by atoms with Crippen molar-refractivity contribution in [3.05, 3.63) is 29.1 Å². The normalized spacial score (nSPS) is 20.8. The number of rotatable bonds is 3. The SMILES string of the molecule is Cc1nc(C(F)(F)F)ccc1C(=O)NCC1CCS(=O)(=O)C1. The van der Waals surface area contributed by atoms with Crippen LogP contribution in [0.4, 0.5) is 13.2 Å². The molecule has 1 aromatic rings. The van der Waals surface area contributed by atoms with Gasteiger partial charge in [-0.25, -0.2) is 13.4 Å². The summed E-state index contributed by atoms with van der Waals surface area (Å²) in [5.74, 6) is -0.578. The van der Waals surface area contributed by atoms with Crippen molar-refractivity contribution in [2.45, 2.75) is 19.5 Å². The third-order valence-electron chi connectivity index (χ3n) is 3.50. The van der Waals surface area contributed by atoms with Gasteiger partial charge in [-0.05, 0) is 31.4 Å². The number of nitrogens with one attached hydrogen (secondary N) is 1. The summed E-state index contributed by atoms with van der Waals surface area (Å²) in [5, 5.41) is 2.55. The van der Waals surface area contributed by atoms with Crippen LogP contribution in [0.1, 0.15) is 28.2 Å². The zero-order chi connectivity index (χ0) is 16.5. The van der Waals surface area contributed by atoms with Crippen LogP contribution >= 0.6 is 0 Å². The van der Waals surface area contributed by atoms with E-state index < -0.39 is 27.6 Å². The number of hydrogen-bond donors (Lipinski definition) is 1. The molecule has 22 heavy (non-hydrogen) atoms. The summed E-state index contributed by atoms with van der Waals surface area (Å²) in [4.78, 5) is 15.3. The highest BCUT2D eigenvalue weighted by atomic mass is 32.2. The third kappa shape index (κ3) is 3.96. The Morgan fingerprint density at radius 2 is 2.09 bits per heavy atom.